The number of aliphatic imine (C=N–C) groups is 1. The van der Waals surface area contributed by atoms with Crippen LogP contribution in [0.2, 0.25) is 0 Å². The van der Waals surface area contributed by atoms with Crippen LogP contribution in [0.5, 0.6) is 0 Å². The Morgan fingerprint density at radius 2 is 0.948 bits per heavy atom. The maximum atomic E-state index is 13.2. The van der Waals surface area contributed by atoms with E-state index in [1.54, 1.807) is 31.8 Å². The van der Waals surface area contributed by atoms with Gasteiger partial charge in [0.15, 0.2) is 31.5 Å². The van der Waals surface area contributed by atoms with Crippen LogP contribution in [0, 0.1) is 17.8 Å². The highest BCUT2D eigenvalue weighted by atomic mass is 79.9. The number of nitrogens with zero attached hydrogens (tertiary/aromatic N) is 10. The number of benzene rings is 3. The minimum Gasteiger partial charge on any atom is -0.404 e. The van der Waals surface area contributed by atoms with E-state index in [0.717, 1.165) is 167 Å². The van der Waals surface area contributed by atoms with Crippen LogP contribution in [-0.2, 0) is 59.5 Å². The van der Waals surface area contributed by atoms with Crippen molar-refractivity contribution in [3.8, 4) is 0 Å². The number of anilines is 2. The molecule has 11 heterocycles. The minimum absolute atomic E-state index is 0.208. The zero-order chi connectivity index (χ0) is 67.8. The lowest BCUT2D eigenvalue weighted by molar-refractivity contribution is 0.0953. The van der Waals surface area contributed by atoms with Crippen molar-refractivity contribution in [3.63, 3.8) is 0 Å². The molecule has 97 heavy (non-hydrogen) atoms. The number of carbonyl (C=O) groups excluding carboxylic acids is 3. The molecule has 0 aliphatic carbocycles. The van der Waals surface area contributed by atoms with Crippen LogP contribution in [0.15, 0.2) is 143 Å². The van der Waals surface area contributed by atoms with E-state index < -0.39 is 0 Å². The summed E-state index contributed by atoms with van der Waals surface area (Å²) in [6.07, 6.45) is 31.7. The van der Waals surface area contributed by atoms with Gasteiger partial charge in [0.1, 0.15) is 0 Å². The van der Waals surface area contributed by atoms with Crippen molar-refractivity contribution in [2.24, 2.45) is 42.6 Å². The Bertz CT molecular complexity index is 4270. The Kier molecular flexibility index (Phi) is 24.5. The van der Waals surface area contributed by atoms with E-state index in [4.69, 9.17) is 5.73 Å². The van der Waals surface area contributed by atoms with Gasteiger partial charge in [0, 0.05) is 141 Å². The van der Waals surface area contributed by atoms with Crippen LogP contribution >= 0.6 is 49.9 Å². The van der Waals surface area contributed by atoms with Crippen LogP contribution in [0.25, 0.3) is 32.7 Å². The number of aromatic amines is 3. The number of rotatable bonds is 26. The van der Waals surface area contributed by atoms with Crippen LogP contribution in [0.4, 0.5) is 10.3 Å². The second-order valence-corrected chi connectivity index (χ2v) is 30.1. The van der Waals surface area contributed by atoms with Gasteiger partial charge in [-0.05, 0) is 107 Å². The quantitative estimate of drug-likeness (QED) is 0.0319. The summed E-state index contributed by atoms with van der Waals surface area (Å²) in [5.41, 5.74) is 19.9. The van der Waals surface area contributed by atoms with Crippen LogP contribution in [0.3, 0.4) is 0 Å². The molecule has 3 unspecified atom stereocenters. The normalized spacial score (nSPS) is 15.1. The fourth-order valence-corrected chi connectivity index (χ4v) is 16.4. The molecule has 3 aliphatic heterocycles. The lowest BCUT2D eigenvalue weighted by atomic mass is 9.89. The molecule has 0 amide bonds. The number of halogens is 1. The number of nitrogens with two attached hydrogens (primary N) is 1. The number of carbonyl (C=O) groups is 3. The van der Waals surface area contributed by atoms with Crippen molar-refractivity contribution >= 4 is 116 Å². The SMILES string of the molecule is CCCCC(CC(=O)c1cnc(Br)s1)Cc1c[nH]c2ccccc12.CCCCC(CC(=O)c1cnc(N2Cc3cnn(C)c3C2)s1)Cc1c[nH]c2ccccc12.CCCCC(CC(=O)c1cnc(N2Cc3cnn(C)c3C2)s1)Cc1c[nH]c2ccccc12.CN=C1CNCC1=CN. The molecule has 0 spiro atoms. The predicted octanol–water partition coefficient (Wildman–Crippen LogP) is 16.5. The van der Waals surface area contributed by atoms with Gasteiger partial charge >= 0.3 is 0 Å². The highest BCUT2D eigenvalue weighted by Gasteiger charge is 2.29. The molecular formula is C75H90BrN15O3S3. The van der Waals surface area contributed by atoms with E-state index in [-0.39, 0.29) is 17.3 Å². The summed E-state index contributed by atoms with van der Waals surface area (Å²) in [6, 6.07) is 25.2. The summed E-state index contributed by atoms with van der Waals surface area (Å²) < 4.78 is 4.63. The first-order chi connectivity index (χ1) is 47.3. The molecule has 11 aromatic rings. The first-order valence-corrected chi connectivity index (χ1v) is 37.4. The number of nitrogens with one attached hydrogen (secondary N) is 4. The summed E-state index contributed by atoms with van der Waals surface area (Å²) in [7, 11) is 5.73. The number of Topliss-reactive ketones (excluding diaryl/α,β-unsaturated/α-hetero) is 3. The molecule has 0 saturated carbocycles. The molecule has 14 rings (SSSR count). The first-order valence-electron chi connectivity index (χ1n) is 34.1. The van der Waals surface area contributed by atoms with Gasteiger partial charge in [0.2, 0.25) is 0 Å². The van der Waals surface area contributed by atoms with Gasteiger partial charge in [-0.2, -0.15) is 10.2 Å². The highest BCUT2D eigenvalue weighted by molar-refractivity contribution is 9.11. The summed E-state index contributed by atoms with van der Waals surface area (Å²) >= 11 is 7.81. The number of H-pyrrole nitrogens is 3. The summed E-state index contributed by atoms with van der Waals surface area (Å²) in [5.74, 6) is 1.70. The van der Waals surface area contributed by atoms with Gasteiger partial charge in [-0.3, -0.25) is 28.7 Å². The molecule has 1 saturated heterocycles. The second kappa shape index (κ2) is 33.9. The maximum absolute atomic E-state index is 13.2. The Balaban J connectivity index is 0.000000140. The number of aromatic nitrogens is 10. The number of hydrogen-bond acceptors (Lipinski definition) is 16. The van der Waals surface area contributed by atoms with Gasteiger partial charge in [0.25, 0.3) is 0 Å². The van der Waals surface area contributed by atoms with Crippen LogP contribution < -0.4 is 20.9 Å². The van der Waals surface area contributed by atoms with Crippen molar-refractivity contribution < 1.29 is 14.4 Å². The van der Waals surface area contributed by atoms with Gasteiger partial charge in [-0.15, -0.1) is 11.3 Å². The molecule has 3 aromatic carbocycles. The molecule has 3 atom stereocenters. The average Bonchev–Trinajstić information content (AvgIpc) is 1.67. The molecule has 8 aromatic heterocycles. The monoisotopic (exact) mass is 1420 g/mol. The number of unbranched alkanes of at least 4 members (excludes halogenated alkanes) is 3. The van der Waals surface area contributed by atoms with E-state index in [0.29, 0.717) is 37.0 Å². The molecule has 6 N–H and O–H groups in total. The number of para-hydroxylation sites is 3. The van der Waals surface area contributed by atoms with E-state index in [1.807, 2.05) is 41.9 Å². The fraction of sp³-hybridized carbons (Fsp3) is 0.400. The summed E-state index contributed by atoms with van der Waals surface area (Å²) in [6.45, 7) is 11.6. The number of aryl methyl sites for hydroxylation is 2. The van der Waals surface area contributed by atoms with E-state index in [2.05, 4.69) is 182 Å². The minimum atomic E-state index is 0.208. The summed E-state index contributed by atoms with van der Waals surface area (Å²) in [4.78, 5) is 73.1. The Morgan fingerprint density at radius 3 is 1.30 bits per heavy atom. The number of thiazole rings is 3. The molecule has 508 valence electrons. The fourth-order valence-electron chi connectivity index (χ4n) is 13.4. The molecule has 1 fully saturated rings. The zero-order valence-electron chi connectivity index (χ0n) is 56.6. The van der Waals surface area contributed by atoms with Gasteiger partial charge in [-0.1, -0.05) is 137 Å². The van der Waals surface area contributed by atoms with Gasteiger partial charge in [0.05, 0.1) is 75.8 Å². The first kappa shape index (κ1) is 70.2. The molecule has 3 aliphatic rings. The molecule has 22 heteroatoms. The lowest BCUT2D eigenvalue weighted by Gasteiger charge is -2.15. The van der Waals surface area contributed by atoms with Crippen molar-refractivity contribution in [1.29, 1.82) is 0 Å². The van der Waals surface area contributed by atoms with Gasteiger partial charge < -0.3 is 35.8 Å². The molecule has 0 radical (unpaired) electrons. The predicted molar refractivity (Wildman–Crippen MR) is 401 cm³/mol. The maximum Gasteiger partial charge on any atom is 0.186 e. The van der Waals surface area contributed by atoms with Crippen molar-refractivity contribution in [2.75, 3.05) is 29.9 Å². The van der Waals surface area contributed by atoms with Crippen molar-refractivity contribution in [2.45, 2.75) is 143 Å². The largest absolute Gasteiger partial charge is 0.404 e. The van der Waals surface area contributed by atoms with Crippen LogP contribution in [-0.4, -0.2) is 92.7 Å². The van der Waals surface area contributed by atoms with E-state index in [1.165, 1.54) is 94.9 Å². The third-order valence-corrected chi connectivity index (χ3v) is 22.6. The summed E-state index contributed by atoms with van der Waals surface area (Å²) in [5, 5.41) is 17.4. The van der Waals surface area contributed by atoms with Crippen LogP contribution in [0.1, 0.15) is 166 Å². The third kappa shape index (κ3) is 17.8. The van der Waals surface area contributed by atoms with Gasteiger partial charge in [-0.25, -0.2) is 15.0 Å². The van der Waals surface area contributed by atoms with Crippen molar-refractivity contribution in [1.82, 2.24) is 54.8 Å². The van der Waals surface area contributed by atoms with E-state index in [9.17, 15) is 14.4 Å². The molecule has 0 bridgehead atoms. The lowest BCUT2D eigenvalue weighted by Crippen LogP contribution is -2.15. The number of fused-ring (bicyclic) bond motifs is 5. The number of ketones is 3. The third-order valence-electron chi connectivity index (χ3n) is 18.8. The van der Waals surface area contributed by atoms with E-state index >= 15 is 0 Å². The van der Waals surface area contributed by atoms with Crippen molar-refractivity contribution in [3.05, 3.63) is 192 Å². The number of hydrogen-bond donors (Lipinski definition) is 5. The second-order valence-electron chi connectivity index (χ2n) is 25.7. The zero-order valence-corrected chi connectivity index (χ0v) is 60.6. The molecule has 18 nitrogen and oxygen atoms in total. The smallest absolute Gasteiger partial charge is 0.186 e. The Morgan fingerprint density at radius 1 is 0.557 bits per heavy atom. The standard InChI is InChI=1S/2C25H29N5OS.C19H21BrN2OS.C6H11N3/c2*1-3-4-7-17(10-18-12-26-21-9-6-5-8-20(18)21)11-23(31)24-14-27-25(32-24)30-15-19-13-28-29(2)22(19)16-30;1-2-3-6-13(10-17(23)18-12-22-19(20)24-18)9-14-11-21-16-8-5-4-7-15(14)16;1-8-6-4-9-3-5(6)2-7/h2*5-6,8-9,12-14,17,26H,3-4,7,10-11,15-16H2,1-2H3;4-5,7-8,11-13,21H,2-3,6,9-10H2,1H3;2,9H,3-4,7H2,1H3. The topological polar surface area (TPSA) is 230 Å². The molecular weight excluding hydrogens is 1340 g/mol. The highest BCUT2D eigenvalue weighted by Crippen LogP contribution is 2.36. The Hall–Kier alpha value is -8.15. The Labute approximate surface area is 588 Å². The average molecular weight is 1430 g/mol.